The molecular formula is C22H26ClN5OS. The third-order valence-electron chi connectivity index (χ3n) is 5.36. The van der Waals surface area contributed by atoms with Crippen LogP contribution in [-0.4, -0.2) is 69.2 Å². The summed E-state index contributed by atoms with van der Waals surface area (Å²) in [5, 5.41) is 4.77. The Labute approximate surface area is 186 Å². The zero-order valence-electron chi connectivity index (χ0n) is 17.3. The zero-order chi connectivity index (χ0) is 21.1. The second-order valence-corrected chi connectivity index (χ2v) is 9.03. The number of piperazine rings is 1. The summed E-state index contributed by atoms with van der Waals surface area (Å²) in [7, 11) is 3.97. The van der Waals surface area contributed by atoms with E-state index in [0.717, 1.165) is 53.8 Å². The lowest BCUT2D eigenvalue weighted by Crippen LogP contribution is -2.48. The molecule has 0 radical (unpaired) electrons. The highest BCUT2D eigenvalue weighted by Gasteiger charge is 2.20. The molecule has 2 heterocycles. The van der Waals surface area contributed by atoms with E-state index < -0.39 is 0 Å². The van der Waals surface area contributed by atoms with Crippen LogP contribution in [0.3, 0.4) is 0 Å². The number of thiazole rings is 1. The number of nitrogens with zero attached hydrogens (tertiary/aromatic N) is 4. The highest BCUT2D eigenvalue weighted by Crippen LogP contribution is 2.33. The Bertz CT molecular complexity index is 1010. The van der Waals surface area contributed by atoms with Crippen LogP contribution in [0.2, 0.25) is 5.02 Å². The van der Waals surface area contributed by atoms with Crippen LogP contribution in [0.15, 0.2) is 42.5 Å². The minimum atomic E-state index is -0.0229. The lowest BCUT2D eigenvalue weighted by molar-refractivity contribution is 0.0948. The number of anilines is 2. The lowest BCUT2D eigenvalue weighted by atomic mass is 10.2. The highest BCUT2D eigenvalue weighted by atomic mass is 35.5. The van der Waals surface area contributed by atoms with Gasteiger partial charge in [0.1, 0.15) is 5.52 Å². The summed E-state index contributed by atoms with van der Waals surface area (Å²) in [5.74, 6) is -0.0229. The van der Waals surface area contributed by atoms with Crippen LogP contribution >= 0.6 is 22.9 Å². The Morgan fingerprint density at radius 1 is 1.13 bits per heavy atom. The van der Waals surface area contributed by atoms with Gasteiger partial charge >= 0.3 is 0 Å². The molecule has 1 aliphatic heterocycles. The van der Waals surface area contributed by atoms with Crippen LogP contribution in [0.4, 0.5) is 10.8 Å². The average Bonchev–Trinajstić information content (AvgIpc) is 3.20. The molecule has 30 heavy (non-hydrogen) atoms. The zero-order valence-corrected chi connectivity index (χ0v) is 18.8. The first-order valence-electron chi connectivity index (χ1n) is 10.1. The molecule has 6 nitrogen and oxygen atoms in total. The van der Waals surface area contributed by atoms with E-state index in [2.05, 4.69) is 21.2 Å². The van der Waals surface area contributed by atoms with Crippen molar-refractivity contribution in [2.24, 2.45) is 0 Å². The van der Waals surface area contributed by atoms with Crippen LogP contribution in [0, 0.1) is 0 Å². The SMILES string of the molecule is CN(C)c1ccc(C(=O)NCCN2CCN(c3nc4c(Cl)cccc4s3)CC2)cc1. The monoisotopic (exact) mass is 443 g/mol. The maximum absolute atomic E-state index is 12.3. The fourth-order valence-electron chi connectivity index (χ4n) is 3.54. The number of benzene rings is 2. The Balaban J connectivity index is 1.24. The molecule has 0 spiro atoms. The van der Waals surface area contributed by atoms with Crippen LogP contribution < -0.4 is 15.1 Å². The lowest BCUT2D eigenvalue weighted by Gasteiger charge is -2.34. The molecule has 1 fully saturated rings. The largest absolute Gasteiger partial charge is 0.378 e. The van der Waals surface area contributed by atoms with Crippen molar-refractivity contribution >= 4 is 49.9 Å². The molecule has 1 saturated heterocycles. The molecular weight excluding hydrogens is 418 g/mol. The van der Waals surface area contributed by atoms with Gasteiger partial charge in [-0.25, -0.2) is 4.98 Å². The molecule has 1 aliphatic rings. The number of carbonyl (C=O) groups is 1. The van der Waals surface area contributed by atoms with Crippen LogP contribution in [0.1, 0.15) is 10.4 Å². The Morgan fingerprint density at radius 2 is 1.87 bits per heavy atom. The van der Waals surface area contributed by atoms with Crippen molar-refractivity contribution in [3.63, 3.8) is 0 Å². The number of nitrogens with one attached hydrogen (secondary N) is 1. The molecule has 1 amide bonds. The normalized spacial score (nSPS) is 14.8. The standard InChI is InChI=1S/C22H26ClN5OS/c1-26(2)17-8-6-16(7-9-17)21(29)24-10-11-27-12-14-28(15-13-27)22-25-20-18(23)4-3-5-19(20)30-22/h3-9H,10-15H2,1-2H3,(H,24,29). The van der Waals surface area contributed by atoms with Gasteiger partial charge in [0.25, 0.3) is 5.91 Å². The molecule has 3 aromatic rings. The number of hydrogen-bond acceptors (Lipinski definition) is 6. The van der Waals surface area contributed by atoms with Crippen molar-refractivity contribution < 1.29 is 4.79 Å². The van der Waals surface area contributed by atoms with Gasteiger partial charge in [0.05, 0.1) is 9.72 Å². The molecule has 0 aliphatic carbocycles. The number of amides is 1. The Hall–Kier alpha value is -2.35. The second kappa shape index (κ2) is 9.20. The van der Waals surface area contributed by atoms with Crippen molar-refractivity contribution in [2.75, 3.05) is 63.2 Å². The first-order chi connectivity index (χ1) is 14.5. The van der Waals surface area contributed by atoms with E-state index >= 15 is 0 Å². The summed E-state index contributed by atoms with van der Waals surface area (Å²) in [6.07, 6.45) is 0. The number of para-hydroxylation sites is 1. The minimum absolute atomic E-state index is 0.0229. The number of carbonyl (C=O) groups excluding carboxylic acids is 1. The second-order valence-electron chi connectivity index (χ2n) is 7.61. The van der Waals surface area contributed by atoms with Crippen LogP contribution in [0.25, 0.3) is 10.2 Å². The van der Waals surface area contributed by atoms with E-state index in [1.165, 1.54) is 0 Å². The van der Waals surface area contributed by atoms with Gasteiger partial charge in [-0.3, -0.25) is 9.69 Å². The quantitative estimate of drug-likeness (QED) is 0.631. The summed E-state index contributed by atoms with van der Waals surface area (Å²) in [5.41, 5.74) is 2.67. The highest BCUT2D eigenvalue weighted by molar-refractivity contribution is 7.22. The Morgan fingerprint density at radius 3 is 2.53 bits per heavy atom. The number of rotatable bonds is 6. The van der Waals surface area contributed by atoms with E-state index in [0.29, 0.717) is 17.1 Å². The topological polar surface area (TPSA) is 51.7 Å². The molecule has 158 valence electrons. The average molecular weight is 444 g/mol. The van der Waals surface area contributed by atoms with Crippen molar-refractivity contribution in [3.8, 4) is 0 Å². The van der Waals surface area contributed by atoms with Gasteiger partial charge in [-0.1, -0.05) is 29.0 Å². The van der Waals surface area contributed by atoms with Gasteiger partial charge < -0.3 is 15.1 Å². The first-order valence-corrected chi connectivity index (χ1v) is 11.3. The molecule has 8 heteroatoms. The fraction of sp³-hybridized carbons (Fsp3) is 0.364. The predicted molar refractivity (Wildman–Crippen MR) is 126 cm³/mol. The van der Waals surface area contributed by atoms with E-state index in [1.54, 1.807) is 11.3 Å². The summed E-state index contributed by atoms with van der Waals surface area (Å²) >= 11 is 7.95. The maximum Gasteiger partial charge on any atom is 0.251 e. The van der Waals surface area contributed by atoms with Crippen molar-refractivity contribution in [1.29, 1.82) is 0 Å². The Kier molecular flexibility index (Phi) is 6.41. The molecule has 0 unspecified atom stereocenters. The van der Waals surface area contributed by atoms with E-state index in [1.807, 2.05) is 55.4 Å². The van der Waals surface area contributed by atoms with Gasteiger partial charge in [-0.15, -0.1) is 0 Å². The minimum Gasteiger partial charge on any atom is -0.378 e. The molecule has 0 atom stereocenters. The van der Waals surface area contributed by atoms with Gasteiger partial charge in [0, 0.05) is 64.6 Å². The summed E-state index contributed by atoms with van der Waals surface area (Å²) < 4.78 is 1.13. The van der Waals surface area contributed by atoms with Crippen molar-refractivity contribution in [3.05, 3.63) is 53.1 Å². The molecule has 1 N–H and O–H groups in total. The predicted octanol–water partition coefficient (Wildman–Crippen LogP) is 3.57. The summed E-state index contributed by atoms with van der Waals surface area (Å²) in [6, 6.07) is 13.6. The van der Waals surface area contributed by atoms with Gasteiger partial charge in [0.15, 0.2) is 5.13 Å². The molecule has 0 bridgehead atoms. The smallest absolute Gasteiger partial charge is 0.251 e. The van der Waals surface area contributed by atoms with Gasteiger partial charge in [-0.05, 0) is 36.4 Å². The number of hydrogen-bond donors (Lipinski definition) is 1. The fourth-order valence-corrected chi connectivity index (χ4v) is 4.86. The molecule has 1 aromatic heterocycles. The molecule has 4 rings (SSSR count). The molecule has 0 saturated carbocycles. The van der Waals surface area contributed by atoms with Crippen molar-refractivity contribution in [1.82, 2.24) is 15.2 Å². The van der Waals surface area contributed by atoms with Crippen LogP contribution in [0.5, 0.6) is 0 Å². The number of halogens is 1. The van der Waals surface area contributed by atoms with Crippen molar-refractivity contribution in [2.45, 2.75) is 0 Å². The third-order valence-corrected chi connectivity index (χ3v) is 6.75. The van der Waals surface area contributed by atoms with Crippen LogP contribution in [-0.2, 0) is 0 Å². The number of aromatic nitrogens is 1. The molecule has 2 aromatic carbocycles. The summed E-state index contributed by atoms with van der Waals surface area (Å²) in [4.78, 5) is 23.8. The van der Waals surface area contributed by atoms with Gasteiger partial charge in [-0.2, -0.15) is 0 Å². The third kappa shape index (κ3) is 4.69. The van der Waals surface area contributed by atoms with E-state index in [9.17, 15) is 4.79 Å². The van der Waals surface area contributed by atoms with Gasteiger partial charge in [0.2, 0.25) is 0 Å². The van der Waals surface area contributed by atoms with E-state index in [-0.39, 0.29) is 5.91 Å². The summed E-state index contributed by atoms with van der Waals surface area (Å²) in [6.45, 7) is 5.26. The first kappa shape index (κ1) is 20.9. The van der Waals surface area contributed by atoms with E-state index in [4.69, 9.17) is 16.6 Å². The number of fused-ring (bicyclic) bond motifs is 1. The maximum atomic E-state index is 12.3.